The average molecular weight is 357 g/mol. The molecule has 0 aliphatic carbocycles. The van der Waals surface area contributed by atoms with Gasteiger partial charge in [-0.3, -0.25) is 0 Å². The maximum atomic E-state index is 12.5. The molecule has 7 heteroatoms. The minimum absolute atomic E-state index is 0.341. The lowest BCUT2D eigenvalue weighted by Gasteiger charge is -2.30. The van der Waals surface area contributed by atoms with Gasteiger partial charge >= 0.3 is 12.2 Å². The molecule has 2 N–H and O–H groups in total. The molecule has 0 radical (unpaired) electrons. The number of hydrogen-bond acceptors (Lipinski definition) is 2. The summed E-state index contributed by atoms with van der Waals surface area (Å²) in [6.45, 7) is 6.19. The van der Waals surface area contributed by atoms with Crippen molar-refractivity contribution >= 4 is 11.7 Å². The Morgan fingerprint density at radius 1 is 1.24 bits per heavy atom. The Morgan fingerprint density at radius 3 is 2.60 bits per heavy atom. The summed E-state index contributed by atoms with van der Waals surface area (Å²) in [6.07, 6.45) is 0.0999. The van der Waals surface area contributed by atoms with Gasteiger partial charge in [0.1, 0.15) is 0 Å². The van der Waals surface area contributed by atoms with Gasteiger partial charge in [-0.15, -0.1) is 0 Å². The first-order valence-electron chi connectivity index (χ1n) is 8.79. The molecule has 0 aromatic heterocycles. The second-order valence-electron chi connectivity index (χ2n) is 6.71. The van der Waals surface area contributed by atoms with E-state index in [1.54, 1.807) is 0 Å². The molecule has 1 atom stereocenters. The van der Waals surface area contributed by atoms with Gasteiger partial charge in [0.25, 0.3) is 0 Å². The van der Waals surface area contributed by atoms with Gasteiger partial charge in [-0.25, -0.2) is 4.79 Å². The summed E-state index contributed by atoms with van der Waals surface area (Å²) in [6, 6.07) is 4.01. The molecule has 2 rings (SSSR count). The highest BCUT2D eigenvalue weighted by Gasteiger charge is 2.29. The fourth-order valence-electron chi connectivity index (χ4n) is 3.07. The number of rotatable bonds is 6. The normalized spacial score (nSPS) is 18.8. The van der Waals surface area contributed by atoms with Gasteiger partial charge in [-0.05, 0) is 69.0 Å². The summed E-state index contributed by atoms with van der Waals surface area (Å²) in [5.74, 6) is 0.765. The van der Waals surface area contributed by atoms with E-state index in [-0.39, 0.29) is 0 Å². The summed E-state index contributed by atoms with van der Waals surface area (Å²) in [5, 5.41) is 5.27. The number of likely N-dealkylation sites (tertiary alicyclic amines) is 1. The first-order chi connectivity index (χ1) is 11.8. The molecule has 1 saturated heterocycles. The van der Waals surface area contributed by atoms with E-state index in [0.29, 0.717) is 12.2 Å². The van der Waals surface area contributed by atoms with Gasteiger partial charge in [0.05, 0.1) is 5.56 Å². The summed E-state index contributed by atoms with van der Waals surface area (Å²) in [7, 11) is 0. The Labute approximate surface area is 146 Å². The van der Waals surface area contributed by atoms with E-state index in [0.717, 1.165) is 50.5 Å². The van der Waals surface area contributed by atoms with Crippen LogP contribution in [0.25, 0.3) is 0 Å². The molecule has 1 aromatic carbocycles. The highest BCUT2D eigenvalue weighted by molar-refractivity contribution is 5.89. The van der Waals surface area contributed by atoms with Crippen LogP contribution in [-0.4, -0.2) is 37.1 Å². The molecule has 1 aliphatic heterocycles. The third-order valence-corrected chi connectivity index (χ3v) is 4.40. The number of anilines is 1. The van der Waals surface area contributed by atoms with Crippen molar-refractivity contribution in [2.24, 2.45) is 5.92 Å². The zero-order valence-electron chi connectivity index (χ0n) is 14.5. The summed E-state index contributed by atoms with van der Waals surface area (Å²) in [5.41, 5.74) is -0.390. The van der Waals surface area contributed by atoms with Crippen LogP contribution in [0.4, 0.5) is 23.7 Å². The second kappa shape index (κ2) is 9.08. The molecule has 140 valence electrons. The van der Waals surface area contributed by atoms with E-state index in [1.807, 2.05) is 0 Å². The standard InChI is InChI=1S/C18H26F3N3O/c1-14-5-4-12-24(13-14)11-3-2-10-22-17(25)23-16-8-6-15(7-9-16)18(19,20)21/h6-9,14H,2-5,10-13H2,1H3,(H2,22,23,25)/t14-/m0/s1. The van der Waals surface area contributed by atoms with Crippen molar-refractivity contribution in [2.75, 3.05) is 31.5 Å². The summed E-state index contributed by atoms with van der Waals surface area (Å²) >= 11 is 0. The fraction of sp³-hybridized carbons (Fsp3) is 0.611. The number of carbonyl (C=O) groups excluding carboxylic acids is 1. The number of amides is 2. The minimum atomic E-state index is -4.37. The van der Waals surface area contributed by atoms with Gasteiger partial charge in [-0.2, -0.15) is 13.2 Å². The molecule has 2 amide bonds. The largest absolute Gasteiger partial charge is 0.416 e. The molecular weight excluding hydrogens is 331 g/mol. The number of benzene rings is 1. The maximum absolute atomic E-state index is 12.5. The van der Waals surface area contributed by atoms with Crippen molar-refractivity contribution in [1.82, 2.24) is 10.2 Å². The van der Waals surface area contributed by atoms with Crippen LogP contribution in [0.15, 0.2) is 24.3 Å². The van der Waals surface area contributed by atoms with Crippen molar-refractivity contribution < 1.29 is 18.0 Å². The van der Waals surface area contributed by atoms with E-state index < -0.39 is 17.8 Å². The molecule has 4 nitrogen and oxygen atoms in total. The average Bonchev–Trinajstić information content (AvgIpc) is 2.54. The SMILES string of the molecule is C[C@H]1CCCN(CCCCNC(=O)Nc2ccc(C(F)(F)F)cc2)C1. The zero-order chi connectivity index (χ0) is 18.3. The lowest BCUT2D eigenvalue weighted by atomic mass is 10.0. The van der Waals surface area contributed by atoms with E-state index in [1.165, 1.54) is 25.0 Å². The molecule has 1 aromatic rings. The van der Waals surface area contributed by atoms with E-state index in [4.69, 9.17) is 0 Å². The monoisotopic (exact) mass is 357 g/mol. The molecule has 0 bridgehead atoms. The predicted octanol–water partition coefficient (Wildman–Crippen LogP) is 4.34. The number of unbranched alkanes of at least 4 members (excludes halogenated alkanes) is 1. The number of carbonyl (C=O) groups is 1. The van der Waals surface area contributed by atoms with Crippen molar-refractivity contribution in [3.8, 4) is 0 Å². The Hall–Kier alpha value is -1.76. The number of halogens is 3. The molecule has 1 fully saturated rings. The Balaban J connectivity index is 1.61. The maximum Gasteiger partial charge on any atom is 0.416 e. The number of urea groups is 1. The highest BCUT2D eigenvalue weighted by atomic mass is 19.4. The first kappa shape index (κ1) is 19.6. The Kier molecular flexibility index (Phi) is 7.11. The summed E-state index contributed by atoms with van der Waals surface area (Å²) in [4.78, 5) is 14.2. The Bertz CT molecular complexity index is 545. The van der Waals surface area contributed by atoms with Crippen LogP contribution < -0.4 is 10.6 Å². The van der Waals surface area contributed by atoms with Crippen LogP contribution in [0, 0.1) is 5.92 Å². The third-order valence-electron chi connectivity index (χ3n) is 4.40. The van der Waals surface area contributed by atoms with Gasteiger partial charge in [-0.1, -0.05) is 6.92 Å². The molecule has 0 unspecified atom stereocenters. The van der Waals surface area contributed by atoms with Crippen molar-refractivity contribution in [2.45, 2.75) is 38.8 Å². The molecule has 0 spiro atoms. The highest BCUT2D eigenvalue weighted by Crippen LogP contribution is 2.29. The lowest BCUT2D eigenvalue weighted by Crippen LogP contribution is -2.35. The van der Waals surface area contributed by atoms with Crippen molar-refractivity contribution in [3.05, 3.63) is 29.8 Å². The number of hydrogen-bond donors (Lipinski definition) is 2. The number of piperidine rings is 1. The summed E-state index contributed by atoms with van der Waals surface area (Å²) < 4.78 is 37.4. The van der Waals surface area contributed by atoms with E-state index in [2.05, 4.69) is 22.5 Å². The van der Waals surface area contributed by atoms with Crippen LogP contribution in [0.3, 0.4) is 0 Å². The quantitative estimate of drug-likeness (QED) is 0.744. The molecule has 1 heterocycles. The Morgan fingerprint density at radius 2 is 1.96 bits per heavy atom. The van der Waals surface area contributed by atoms with Crippen LogP contribution in [-0.2, 0) is 6.18 Å². The van der Waals surface area contributed by atoms with Crippen LogP contribution >= 0.6 is 0 Å². The van der Waals surface area contributed by atoms with Crippen molar-refractivity contribution in [3.63, 3.8) is 0 Å². The molecule has 1 aliphatic rings. The van der Waals surface area contributed by atoms with Crippen molar-refractivity contribution in [1.29, 1.82) is 0 Å². The lowest BCUT2D eigenvalue weighted by molar-refractivity contribution is -0.137. The van der Waals surface area contributed by atoms with Crippen LogP contribution in [0.5, 0.6) is 0 Å². The topological polar surface area (TPSA) is 44.4 Å². The van der Waals surface area contributed by atoms with E-state index in [9.17, 15) is 18.0 Å². The first-order valence-corrected chi connectivity index (χ1v) is 8.79. The van der Waals surface area contributed by atoms with Gasteiger partial charge < -0.3 is 15.5 Å². The van der Waals surface area contributed by atoms with Crippen LogP contribution in [0.2, 0.25) is 0 Å². The van der Waals surface area contributed by atoms with Gasteiger partial charge in [0, 0.05) is 18.8 Å². The molecule has 25 heavy (non-hydrogen) atoms. The zero-order valence-corrected chi connectivity index (χ0v) is 14.5. The number of alkyl halides is 3. The minimum Gasteiger partial charge on any atom is -0.338 e. The number of nitrogens with one attached hydrogen (secondary N) is 2. The smallest absolute Gasteiger partial charge is 0.338 e. The molecule has 0 saturated carbocycles. The fourth-order valence-corrected chi connectivity index (χ4v) is 3.07. The predicted molar refractivity (Wildman–Crippen MR) is 92.5 cm³/mol. The number of nitrogens with zero attached hydrogens (tertiary/aromatic N) is 1. The second-order valence-corrected chi connectivity index (χ2v) is 6.71. The van der Waals surface area contributed by atoms with Crippen LogP contribution in [0.1, 0.15) is 38.2 Å². The molecular formula is C18H26F3N3O. The van der Waals surface area contributed by atoms with Gasteiger partial charge in [0.15, 0.2) is 0 Å². The third kappa shape index (κ3) is 6.94. The van der Waals surface area contributed by atoms with E-state index >= 15 is 0 Å². The van der Waals surface area contributed by atoms with Gasteiger partial charge in [0.2, 0.25) is 0 Å².